The molecule has 0 aromatic heterocycles. The van der Waals surface area contributed by atoms with Gasteiger partial charge < -0.3 is 49.4 Å². The lowest BCUT2D eigenvalue weighted by atomic mass is 9.92. The van der Waals surface area contributed by atoms with Crippen molar-refractivity contribution in [3.05, 3.63) is 12.2 Å². The molecule has 13 nitrogen and oxygen atoms in total. The Morgan fingerprint density at radius 1 is 1.03 bits per heavy atom. The summed E-state index contributed by atoms with van der Waals surface area (Å²) in [5.41, 5.74) is 0.136. The van der Waals surface area contributed by atoms with Crippen LogP contribution in [0.15, 0.2) is 12.2 Å². The number of carbonyl (C=O) groups is 3. The van der Waals surface area contributed by atoms with E-state index in [9.17, 15) is 34.8 Å². The summed E-state index contributed by atoms with van der Waals surface area (Å²) in [6, 6.07) is -0.957. The highest BCUT2D eigenvalue weighted by molar-refractivity contribution is 5.86. The molecule has 0 radical (unpaired) electrons. The van der Waals surface area contributed by atoms with E-state index in [1.165, 1.54) is 13.8 Å². The summed E-state index contributed by atoms with van der Waals surface area (Å²) >= 11 is 0. The van der Waals surface area contributed by atoms with Crippen LogP contribution in [-0.2, 0) is 38.1 Å². The van der Waals surface area contributed by atoms with Gasteiger partial charge in [-0.15, -0.1) is 0 Å². The Morgan fingerprint density at radius 3 is 2.18 bits per heavy atom. The Labute approximate surface area is 190 Å². The fourth-order valence-electron chi connectivity index (χ4n) is 3.72. The average Bonchev–Trinajstić information content (AvgIpc) is 2.73. The summed E-state index contributed by atoms with van der Waals surface area (Å²) in [7, 11) is 1.15. The first-order valence-electron chi connectivity index (χ1n) is 10.2. The molecule has 2 saturated heterocycles. The van der Waals surface area contributed by atoms with Crippen molar-refractivity contribution >= 4 is 17.8 Å². The van der Waals surface area contributed by atoms with E-state index in [0.29, 0.717) is 0 Å². The molecule has 0 aromatic rings. The molecular formula is C20H31NO12. The molecule has 1 amide bonds. The van der Waals surface area contributed by atoms with Crippen LogP contribution in [0.5, 0.6) is 0 Å². The molecule has 0 aromatic carbocycles. The zero-order valence-corrected chi connectivity index (χ0v) is 18.7. The van der Waals surface area contributed by atoms with Crippen LogP contribution in [0.1, 0.15) is 20.8 Å². The van der Waals surface area contributed by atoms with E-state index in [-0.39, 0.29) is 12.2 Å². The molecule has 2 rings (SSSR count). The number of hydrogen-bond acceptors (Lipinski definition) is 11. The predicted molar refractivity (Wildman–Crippen MR) is 108 cm³/mol. The van der Waals surface area contributed by atoms with Crippen LogP contribution in [0.25, 0.3) is 0 Å². The SMILES string of the molecule is C=C(C)C(=O)OCC1OC(C)C(NC(C)=O)C(OC2OC(C(=O)O)C(OC)C(O)C2O)C1O. The highest BCUT2D eigenvalue weighted by Gasteiger charge is 2.52. The van der Waals surface area contributed by atoms with E-state index in [2.05, 4.69) is 11.9 Å². The second-order valence-corrected chi connectivity index (χ2v) is 8.02. The van der Waals surface area contributed by atoms with Gasteiger partial charge in [-0.1, -0.05) is 6.58 Å². The number of nitrogens with one attached hydrogen (secondary N) is 1. The number of esters is 1. The van der Waals surface area contributed by atoms with Crippen molar-refractivity contribution in [1.29, 1.82) is 0 Å². The Balaban J connectivity index is 2.27. The zero-order valence-electron chi connectivity index (χ0n) is 18.7. The number of ether oxygens (including phenoxy) is 5. The second kappa shape index (κ2) is 11.3. The van der Waals surface area contributed by atoms with Gasteiger partial charge in [0.25, 0.3) is 0 Å². The van der Waals surface area contributed by atoms with Gasteiger partial charge >= 0.3 is 11.9 Å². The molecule has 0 spiro atoms. The van der Waals surface area contributed by atoms with Gasteiger partial charge in [0.15, 0.2) is 12.4 Å². The zero-order chi connectivity index (χ0) is 25.0. The summed E-state index contributed by atoms with van der Waals surface area (Å²) in [6.07, 6.45) is -12.8. The molecule has 188 valence electrons. The monoisotopic (exact) mass is 477 g/mol. The van der Waals surface area contributed by atoms with Gasteiger partial charge in [0.2, 0.25) is 5.91 Å². The number of carbonyl (C=O) groups excluding carboxylic acids is 2. The Kier molecular flexibility index (Phi) is 9.31. The number of rotatable bonds is 8. The summed E-state index contributed by atoms with van der Waals surface area (Å²) in [4.78, 5) is 35.0. The predicted octanol–water partition coefficient (Wildman–Crippen LogP) is -2.31. The first kappa shape index (κ1) is 27.1. The second-order valence-electron chi connectivity index (χ2n) is 8.02. The molecule has 5 N–H and O–H groups in total. The van der Waals surface area contributed by atoms with E-state index in [1.54, 1.807) is 6.92 Å². The number of methoxy groups -OCH3 is 1. The lowest BCUT2D eigenvalue weighted by Gasteiger charge is -2.47. The summed E-state index contributed by atoms with van der Waals surface area (Å²) in [5, 5.41) is 43.6. The molecule has 2 fully saturated rings. The topological polar surface area (TPSA) is 190 Å². The van der Waals surface area contributed by atoms with Gasteiger partial charge in [0.1, 0.15) is 43.2 Å². The largest absolute Gasteiger partial charge is 0.479 e. The standard InChI is InChI=1S/C20H31NO12/c1-7(2)19(28)30-6-10-12(23)15(11(8(3)31-10)21-9(4)22)32-20-14(25)13(24)16(29-5)17(33-20)18(26)27/h8,10-17,20,23-25H,1,6H2,2-5H3,(H,21,22)(H,26,27). The third-order valence-corrected chi connectivity index (χ3v) is 5.42. The number of hydrogen-bond donors (Lipinski definition) is 5. The highest BCUT2D eigenvalue weighted by atomic mass is 16.7. The van der Waals surface area contributed by atoms with Gasteiger partial charge in [-0.25, -0.2) is 9.59 Å². The van der Waals surface area contributed by atoms with Crippen LogP contribution in [0, 0.1) is 0 Å². The Hall–Kier alpha value is -2.13. The fraction of sp³-hybridized carbons (Fsp3) is 0.750. The minimum atomic E-state index is -1.74. The smallest absolute Gasteiger partial charge is 0.335 e. The molecule has 33 heavy (non-hydrogen) atoms. The van der Waals surface area contributed by atoms with Crippen molar-refractivity contribution in [3.8, 4) is 0 Å². The number of carboxylic acid groups (broad SMARTS) is 1. The lowest BCUT2D eigenvalue weighted by molar-refractivity contribution is -0.327. The maximum atomic E-state index is 11.7. The lowest BCUT2D eigenvalue weighted by Crippen LogP contribution is -2.67. The molecule has 10 unspecified atom stereocenters. The van der Waals surface area contributed by atoms with E-state index in [0.717, 1.165) is 7.11 Å². The third-order valence-electron chi connectivity index (χ3n) is 5.42. The van der Waals surface area contributed by atoms with E-state index >= 15 is 0 Å². The third kappa shape index (κ3) is 6.26. The van der Waals surface area contributed by atoms with Gasteiger partial charge in [-0.3, -0.25) is 4.79 Å². The molecule has 13 heteroatoms. The fourth-order valence-corrected chi connectivity index (χ4v) is 3.72. The number of aliphatic hydroxyl groups is 3. The van der Waals surface area contributed by atoms with E-state index < -0.39 is 79.0 Å². The first-order chi connectivity index (χ1) is 15.4. The Morgan fingerprint density at radius 2 is 1.67 bits per heavy atom. The molecule has 2 heterocycles. The number of amides is 1. The van der Waals surface area contributed by atoms with Crippen LogP contribution in [-0.4, -0.2) is 113 Å². The van der Waals surface area contributed by atoms with Crippen LogP contribution in [0.4, 0.5) is 0 Å². The van der Waals surface area contributed by atoms with Crippen molar-refractivity contribution in [3.63, 3.8) is 0 Å². The maximum absolute atomic E-state index is 11.7. The Bertz CT molecular complexity index is 745. The van der Waals surface area contributed by atoms with E-state index in [4.69, 9.17) is 23.7 Å². The van der Waals surface area contributed by atoms with Crippen molar-refractivity contribution in [2.45, 2.75) is 81.9 Å². The summed E-state index contributed by atoms with van der Waals surface area (Å²) in [5.74, 6) is -2.65. The number of carboxylic acids is 1. The van der Waals surface area contributed by atoms with Crippen molar-refractivity contribution in [2.75, 3.05) is 13.7 Å². The van der Waals surface area contributed by atoms with Crippen LogP contribution >= 0.6 is 0 Å². The van der Waals surface area contributed by atoms with Crippen molar-refractivity contribution < 1.29 is 58.5 Å². The van der Waals surface area contributed by atoms with E-state index in [1.807, 2.05) is 0 Å². The maximum Gasteiger partial charge on any atom is 0.335 e. The summed E-state index contributed by atoms with van der Waals surface area (Å²) < 4.78 is 26.7. The van der Waals surface area contributed by atoms with Crippen molar-refractivity contribution in [2.24, 2.45) is 0 Å². The molecular weight excluding hydrogens is 446 g/mol. The van der Waals surface area contributed by atoms with Gasteiger partial charge in [0.05, 0.1) is 12.1 Å². The molecule has 2 aliphatic rings. The van der Waals surface area contributed by atoms with Gasteiger partial charge in [0, 0.05) is 19.6 Å². The average molecular weight is 477 g/mol. The van der Waals surface area contributed by atoms with Gasteiger partial charge in [-0.05, 0) is 13.8 Å². The normalized spacial score (nSPS) is 38.9. The highest BCUT2D eigenvalue weighted by Crippen LogP contribution is 2.30. The molecule has 2 aliphatic heterocycles. The van der Waals surface area contributed by atoms with Crippen LogP contribution in [0.2, 0.25) is 0 Å². The van der Waals surface area contributed by atoms with Gasteiger partial charge in [-0.2, -0.15) is 0 Å². The quantitative estimate of drug-likeness (QED) is 0.186. The summed E-state index contributed by atoms with van der Waals surface area (Å²) in [6.45, 7) is 7.34. The molecule has 0 bridgehead atoms. The van der Waals surface area contributed by atoms with Crippen LogP contribution < -0.4 is 5.32 Å². The van der Waals surface area contributed by atoms with Crippen LogP contribution in [0.3, 0.4) is 0 Å². The molecule has 0 aliphatic carbocycles. The first-order valence-corrected chi connectivity index (χ1v) is 10.2. The molecule has 0 saturated carbocycles. The number of aliphatic carboxylic acids is 1. The molecule has 10 atom stereocenters. The minimum Gasteiger partial charge on any atom is -0.479 e. The minimum absolute atomic E-state index is 0.136. The number of aliphatic hydroxyl groups excluding tert-OH is 3. The van der Waals surface area contributed by atoms with Crippen molar-refractivity contribution in [1.82, 2.24) is 5.32 Å².